The zero-order valence-electron chi connectivity index (χ0n) is 12.7. The summed E-state index contributed by atoms with van der Waals surface area (Å²) in [6.45, 7) is 2.77. The largest absolute Gasteiger partial charge is 0.0729 e. The molecule has 0 amide bonds. The van der Waals surface area contributed by atoms with Crippen LogP contribution in [0.5, 0.6) is 0 Å². The van der Waals surface area contributed by atoms with E-state index in [0.717, 1.165) is 51.2 Å². The van der Waals surface area contributed by atoms with E-state index in [0.29, 0.717) is 0 Å². The number of fused-ring (bicyclic) bond motifs is 10. The molecule has 0 aliphatic heterocycles. The summed E-state index contributed by atoms with van der Waals surface area (Å²) in [5.41, 5.74) is 6.88. The van der Waals surface area contributed by atoms with Gasteiger partial charge in [-0.2, -0.15) is 0 Å². The van der Waals surface area contributed by atoms with E-state index in [2.05, 4.69) is 19.1 Å². The van der Waals surface area contributed by atoms with Crippen molar-refractivity contribution in [2.45, 2.75) is 39.0 Å². The highest BCUT2D eigenvalue weighted by molar-refractivity contribution is 5.70. The SMILES string of the molecule is CC12C3CC45CCC67C8=CC4C=C8C64CC7C(C1C3C5)C24. The summed E-state index contributed by atoms with van der Waals surface area (Å²) in [7, 11) is 0. The summed E-state index contributed by atoms with van der Waals surface area (Å²) in [5.74, 6) is 7.79. The second-order valence-corrected chi connectivity index (χ2v) is 10.9. The highest BCUT2D eigenvalue weighted by atomic mass is 15.0. The lowest BCUT2D eigenvalue weighted by atomic mass is 9.27. The molecule has 6 fully saturated rings. The molecule has 0 heterocycles. The molecule has 0 N–H and O–H groups in total. The van der Waals surface area contributed by atoms with Gasteiger partial charge in [0.15, 0.2) is 0 Å². The zero-order chi connectivity index (χ0) is 13.1. The molecule has 6 saturated carbocycles. The summed E-state index contributed by atoms with van der Waals surface area (Å²) >= 11 is 0. The first-order valence-corrected chi connectivity index (χ1v) is 9.64. The van der Waals surface area contributed by atoms with Crippen LogP contribution in [-0.2, 0) is 0 Å². The van der Waals surface area contributed by atoms with E-state index < -0.39 is 0 Å². The van der Waals surface area contributed by atoms with Gasteiger partial charge in [-0.1, -0.05) is 19.1 Å². The molecule has 21 heavy (non-hydrogen) atoms. The quantitative estimate of drug-likeness (QED) is 0.621. The van der Waals surface area contributed by atoms with Crippen LogP contribution in [0.3, 0.4) is 0 Å². The van der Waals surface area contributed by atoms with Crippen LogP contribution in [0, 0.1) is 63.1 Å². The Morgan fingerprint density at radius 1 is 0.952 bits per heavy atom. The molecular formula is C21H22. The van der Waals surface area contributed by atoms with Crippen LogP contribution in [0.1, 0.15) is 39.0 Å². The van der Waals surface area contributed by atoms with Gasteiger partial charge >= 0.3 is 0 Å². The van der Waals surface area contributed by atoms with Crippen molar-refractivity contribution < 1.29 is 0 Å². The van der Waals surface area contributed by atoms with Gasteiger partial charge in [-0.15, -0.1) is 0 Å². The van der Waals surface area contributed by atoms with Crippen LogP contribution in [-0.4, -0.2) is 0 Å². The Labute approximate surface area is 126 Å². The van der Waals surface area contributed by atoms with Gasteiger partial charge in [0, 0.05) is 16.7 Å². The monoisotopic (exact) mass is 274 g/mol. The van der Waals surface area contributed by atoms with Crippen LogP contribution in [0.4, 0.5) is 0 Å². The molecule has 106 valence electrons. The predicted octanol–water partition coefficient (Wildman–Crippen LogP) is 4.19. The van der Waals surface area contributed by atoms with Gasteiger partial charge in [0.25, 0.3) is 0 Å². The number of hydrogen-bond donors (Lipinski definition) is 0. The zero-order valence-corrected chi connectivity index (χ0v) is 12.7. The lowest BCUT2D eigenvalue weighted by Crippen LogP contribution is -2.72. The van der Waals surface area contributed by atoms with Gasteiger partial charge in [0.05, 0.1) is 0 Å². The number of allylic oxidation sites excluding steroid dienone is 4. The van der Waals surface area contributed by atoms with Crippen molar-refractivity contribution in [3.05, 3.63) is 23.3 Å². The second kappa shape index (κ2) is 2.01. The average molecular weight is 274 g/mol. The normalized spacial score (nSPS) is 83.4. The molecule has 8 aliphatic carbocycles. The van der Waals surface area contributed by atoms with E-state index in [-0.39, 0.29) is 0 Å². The minimum absolute atomic E-state index is 0.724. The number of hydrogen-bond acceptors (Lipinski definition) is 0. The number of rotatable bonds is 0. The van der Waals surface area contributed by atoms with E-state index in [1.165, 1.54) is 11.8 Å². The Balaban J connectivity index is 1.53. The van der Waals surface area contributed by atoms with E-state index >= 15 is 0 Å². The van der Waals surface area contributed by atoms with Crippen LogP contribution in [0.2, 0.25) is 0 Å². The molecule has 0 aromatic heterocycles. The maximum absolute atomic E-state index is 2.84. The molecule has 11 atom stereocenters. The fourth-order valence-electron chi connectivity index (χ4n) is 11.9. The molecule has 0 aromatic carbocycles. The molecular weight excluding hydrogens is 252 g/mol. The van der Waals surface area contributed by atoms with E-state index in [1.54, 1.807) is 32.1 Å². The Morgan fingerprint density at radius 2 is 1.81 bits per heavy atom. The van der Waals surface area contributed by atoms with E-state index in [4.69, 9.17) is 0 Å². The summed E-state index contributed by atoms with van der Waals surface area (Å²) in [6, 6.07) is 0. The summed E-state index contributed by atoms with van der Waals surface area (Å²) in [5, 5.41) is 0. The molecule has 0 heteroatoms. The third-order valence-electron chi connectivity index (χ3n) is 11.9. The molecule has 0 radical (unpaired) electrons. The fraction of sp³-hybridized carbons (Fsp3) is 0.810. The van der Waals surface area contributed by atoms with Gasteiger partial charge in [0.1, 0.15) is 0 Å². The Hall–Kier alpha value is -0.520. The van der Waals surface area contributed by atoms with Crippen molar-refractivity contribution in [2.24, 2.45) is 63.1 Å². The van der Waals surface area contributed by atoms with Crippen LogP contribution < -0.4 is 0 Å². The molecule has 8 aliphatic rings. The second-order valence-electron chi connectivity index (χ2n) is 10.9. The minimum atomic E-state index is 0.724. The van der Waals surface area contributed by atoms with Crippen molar-refractivity contribution in [1.82, 2.24) is 0 Å². The van der Waals surface area contributed by atoms with E-state index in [1.807, 2.05) is 11.1 Å². The third-order valence-corrected chi connectivity index (χ3v) is 11.9. The molecule has 0 saturated heterocycles. The molecule has 4 bridgehead atoms. The average Bonchev–Trinajstić information content (AvgIpc) is 3.09. The summed E-state index contributed by atoms with van der Waals surface area (Å²) in [6.07, 6.45) is 13.7. The Kier molecular flexibility index (Phi) is 0.919. The van der Waals surface area contributed by atoms with Crippen LogP contribution in [0.25, 0.3) is 0 Å². The minimum Gasteiger partial charge on any atom is -0.0729 e. The van der Waals surface area contributed by atoms with Crippen molar-refractivity contribution in [3.8, 4) is 0 Å². The topological polar surface area (TPSA) is 0 Å². The molecule has 0 nitrogen and oxygen atoms in total. The van der Waals surface area contributed by atoms with Gasteiger partial charge < -0.3 is 0 Å². The smallest absolute Gasteiger partial charge is 0.00920 e. The van der Waals surface area contributed by atoms with Gasteiger partial charge in [-0.05, 0) is 89.6 Å². The maximum atomic E-state index is 2.84. The van der Waals surface area contributed by atoms with Crippen LogP contribution in [0.15, 0.2) is 23.3 Å². The summed E-state index contributed by atoms with van der Waals surface area (Å²) < 4.78 is 0. The third kappa shape index (κ3) is 0.488. The predicted molar refractivity (Wildman–Crippen MR) is 79.1 cm³/mol. The summed E-state index contributed by atoms with van der Waals surface area (Å²) in [4.78, 5) is 0. The van der Waals surface area contributed by atoms with Crippen molar-refractivity contribution in [3.63, 3.8) is 0 Å². The van der Waals surface area contributed by atoms with Gasteiger partial charge in [-0.25, -0.2) is 0 Å². The molecule has 11 unspecified atom stereocenters. The van der Waals surface area contributed by atoms with Gasteiger partial charge in [-0.3, -0.25) is 0 Å². The lowest BCUT2D eigenvalue weighted by Gasteiger charge is -2.77. The first-order valence-electron chi connectivity index (χ1n) is 9.64. The standard InChI is InChI=1S/C21H22/c1-18-13-7-19-2-3-20-11-4-9(19)5-12(11)21(20)8-14(20)15(17(18)21)16(18)10(13)6-19/h4-5,9-10,13-17H,2-3,6-8H2,1H3. The highest BCUT2D eigenvalue weighted by Crippen LogP contribution is 3.03. The van der Waals surface area contributed by atoms with Crippen molar-refractivity contribution in [1.29, 1.82) is 0 Å². The maximum Gasteiger partial charge on any atom is 0.00920 e. The highest BCUT2D eigenvalue weighted by Gasteiger charge is 2.97. The molecule has 0 aromatic rings. The first kappa shape index (κ1) is 9.58. The van der Waals surface area contributed by atoms with E-state index in [9.17, 15) is 0 Å². The Bertz CT molecular complexity index is 786. The van der Waals surface area contributed by atoms with Gasteiger partial charge in [0.2, 0.25) is 0 Å². The van der Waals surface area contributed by atoms with Crippen LogP contribution >= 0.6 is 0 Å². The van der Waals surface area contributed by atoms with Crippen molar-refractivity contribution in [2.75, 3.05) is 0 Å². The molecule has 8 rings (SSSR count). The van der Waals surface area contributed by atoms with Crippen molar-refractivity contribution >= 4 is 0 Å². The molecule has 2 spiro atoms. The first-order chi connectivity index (χ1) is 10.2. The lowest BCUT2D eigenvalue weighted by molar-refractivity contribution is -0.272. The fourth-order valence-corrected chi connectivity index (χ4v) is 11.9. The Morgan fingerprint density at radius 3 is 2.71 bits per heavy atom.